The van der Waals surface area contributed by atoms with Crippen molar-refractivity contribution in [3.63, 3.8) is 0 Å². The third-order valence-electron chi connectivity index (χ3n) is 3.60. The second-order valence-corrected chi connectivity index (χ2v) is 7.87. The fourth-order valence-electron chi connectivity index (χ4n) is 2.16. The molecule has 0 amide bonds. The smallest absolute Gasteiger partial charge is 0.262 e. The fourth-order valence-corrected chi connectivity index (χ4v) is 4.43. The van der Waals surface area contributed by atoms with Gasteiger partial charge < -0.3 is 0 Å². The van der Waals surface area contributed by atoms with Gasteiger partial charge >= 0.3 is 0 Å². The van der Waals surface area contributed by atoms with Crippen molar-refractivity contribution >= 4 is 21.6 Å². The highest BCUT2D eigenvalue weighted by molar-refractivity contribution is 7.89. The van der Waals surface area contributed by atoms with Crippen LogP contribution in [0.2, 0.25) is 0 Å². The van der Waals surface area contributed by atoms with E-state index in [1.54, 1.807) is 11.2 Å². The summed E-state index contributed by atoms with van der Waals surface area (Å²) in [6, 6.07) is 0.138. The third kappa shape index (κ3) is 3.18. The van der Waals surface area contributed by atoms with E-state index in [4.69, 9.17) is 11.6 Å². The standard InChI is InChI=1S/C13H22ClN3O2S/c1-9(2)6-7-17(11-4-5-11)20(18,19)13-12(8-14)10(3)15-16-13/h9,11H,4-8H2,1-3H3,(H,15,16). The largest absolute Gasteiger partial charge is 0.281 e. The molecule has 0 radical (unpaired) electrons. The van der Waals surface area contributed by atoms with Crippen molar-refractivity contribution in [2.24, 2.45) is 5.92 Å². The second kappa shape index (κ2) is 6.03. The van der Waals surface area contributed by atoms with Gasteiger partial charge in [0.15, 0.2) is 5.03 Å². The molecule has 5 nitrogen and oxygen atoms in total. The van der Waals surface area contributed by atoms with Crippen molar-refractivity contribution in [2.75, 3.05) is 6.54 Å². The number of hydrogen-bond donors (Lipinski definition) is 1. The number of H-pyrrole nitrogens is 1. The number of nitrogens with one attached hydrogen (secondary N) is 1. The van der Waals surface area contributed by atoms with Gasteiger partial charge in [0.05, 0.1) is 5.88 Å². The number of aromatic amines is 1. The Bertz CT molecular complexity index is 564. The van der Waals surface area contributed by atoms with E-state index in [9.17, 15) is 8.42 Å². The first-order valence-electron chi connectivity index (χ1n) is 6.99. The first-order chi connectivity index (χ1) is 9.37. The molecular weight excluding hydrogens is 298 g/mol. The molecule has 114 valence electrons. The predicted octanol–water partition coefficient (Wildman–Crippen LogP) is 2.66. The van der Waals surface area contributed by atoms with Crippen LogP contribution in [0.25, 0.3) is 0 Å². The van der Waals surface area contributed by atoms with Crippen LogP contribution < -0.4 is 0 Å². The summed E-state index contributed by atoms with van der Waals surface area (Å²) in [5, 5.41) is 6.81. The van der Waals surface area contributed by atoms with Crippen LogP contribution in [0.5, 0.6) is 0 Å². The normalized spacial score (nSPS) is 16.3. The van der Waals surface area contributed by atoms with E-state index in [0.717, 1.165) is 25.0 Å². The minimum absolute atomic E-state index is 0.0978. The Kier molecular flexibility index (Phi) is 4.76. The lowest BCUT2D eigenvalue weighted by Crippen LogP contribution is -2.35. The average molecular weight is 320 g/mol. The maximum Gasteiger partial charge on any atom is 0.262 e. The van der Waals surface area contributed by atoms with Gasteiger partial charge in [-0.1, -0.05) is 13.8 Å². The number of rotatable bonds is 7. The Labute approximate surface area is 125 Å². The quantitative estimate of drug-likeness (QED) is 0.786. The predicted molar refractivity (Wildman–Crippen MR) is 79.3 cm³/mol. The average Bonchev–Trinajstić information content (AvgIpc) is 3.11. The molecule has 0 saturated heterocycles. The van der Waals surface area contributed by atoms with E-state index >= 15 is 0 Å². The van der Waals surface area contributed by atoms with Gasteiger partial charge in [-0.2, -0.15) is 9.40 Å². The Balaban J connectivity index is 2.30. The monoisotopic (exact) mass is 319 g/mol. The molecule has 1 fully saturated rings. The second-order valence-electron chi connectivity index (χ2n) is 5.80. The van der Waals surface area contributed by atoms with Crippen molar-refractivity contribution in [2.45, 2.75) is 57.0 Å². The Morgan fingerprint density at radius 1 is 1.45 bits per heavy atom. The molecule has 20 heavy (non-hydrogen) atoms. The molecule has 7 heteroatoms. The molecule has 0 aliphatic heterocycles. The highest BCUT2D eigenvalue weighted by atomic mass is 35.5. The van der Waals surface area contributed by atoms with Crippen molar-refractivity contribution in [3.8, 4) is 0 Å². The fraction of sp³-hybridized carbons (Fsp3) is 0.769. The Morgan fingerprint density at radius 2 is 2.10 bits per heavy atom. The Hall–Kier alpha value is -0.590. The van der Waals surface area contributed by atoms with E-state index < -0.39 is 10.0 Å². The molecule has 1 aromatic heterocycles. The SMILES string of the molecule is Cc1[nH]nc(S(=O)(=O)N(CCC(C)C)C2CC2)c1CCl. The van der Waals surface area contributed by atoms with E-state index in [2.05, 4.69) is 24.0 Å². The van der Waals surface area contributed by atoms with Gasteiger partial charge in [0.2, 0.25) is 0 Å². The number of halogens is 1. The van der Waals surface area contributed by atoms with E-state index in [-0.39, 0.29) is 16.9 Å². The molecule has 1 heterocycles. The maximum atomic E-state index is 12.8. The van der Waals surface area contributed by atoms with Gasteiger partial charge in [-0.05, 0) is 32.1 Å². The molecule has 1 aliphatic carbocycles. The highest BCUT2D eigenvalue weighted by Crippen LogP contribution is 2.33. The molecule has 1 saturated carbocycles. The molecule has 1 aromatic rings. The molecule has 0 atom stereocenters. The van der Waals surface area contributed by atoms with E-state index in [1.165, 1.54) is 0 Å². The lowest BCUT2D eigenvalue weighted by atomic mass is 10.1. The minimum atomic E-state index is -3.55. The number of aryl methyl sites for hydroxylation is 1. The molecule has 0 bridgehead atoms. The zero-order valence-electron chi connectivity index (χ0n) is 12.2. The zero-order valence-corrected chi connectivity index (χ0v) is 13.8. The number of sulfonamides is 1. The summed E-state index contributed by atoms with van der Waals surface area (Å²) in [6.07, 6.45) is 2.74. The first kappa shape index (κ1) is 15.8. The summed E-state index contributed by atoms with van der Waals surface area (Å²) < 4.78 is 27.2. The Morgan fingerprint density at radius 3 is 2.60 bits per heavy atom. The van der Waals surface area contributed by atoms with Crippen LogP contribution in [0, 0.1) is 12.8 Å². The number of alkyl halides is 1. The number of nitrogens with zero attached hydrogens (tertiary/aromatic N) is 2. The summed E-state index contributed by atoms with van der Waals surface area (Å²) in [7, 11) is -3.55. The highest BCUT2D eigenvalue weighted by Gasteiger charge is 2.40. The van der Waals surface area contributed by atoms with Crippen molar-refractivity contribution < 1.29 is 8.42 Å². The van der Waals surface area contributed by atoms with Gasteiger partial charge in [-0.3, -0.25) is 5.10 Å². The molecule has 2 rings (SSSR count). The summed E-state index contributed by atoms with van der Waals surface area (Å²) >= 11 is 5.87. The maximum absolute atomic E-state index is 12.8. The summed E-state index contributed by atoms with van der Waals surface area (Å²) in [5.74, 6) is 0.624. The first-order valence-corrected chi connectivity index (χ1v) is 8.97. The topological polar surface area (TPSA) is 66.1 Å². The third-order valence-corrected chi connectivity index (χ3v) is 5.80. The molecule has 1 N–H and O–H groups in total. The molecular formula is C13H22ClN3O2S. The van der Waals surface area contributed by atoms with E-state index in [1.807, 2.05) is 0 Å². The summed E-state index contributed by atoms with van der Waals surface area (Å²) in [6.45, 7) is 6.54. The van der Waals surface area contributed by atoms with Crippen molar-refractivity contribution in [1.29, 1.82) is 0 Å². The van der Waals surface area contributed by atoms with Crippen LogP contribution in [0.15, 0.2) is 5.03 Å². The lowest BCUT2D eigenvalue weighted by Gasteiger charge is -2.22. The lowest BCUT2D eigenvalue weighted by molar-refractivity contribution is 0.371. The van der Waals surface area contributed by atoms with Crippen LogP contribution in [0.4, 0.5) is 0 Å². The van der Waals surface area contributed by atoms with Gasteiger partial charge in [0, 0.05) is 23.8 Å². The molecule has 1 aliphatic rings. The molecule has 0 unspecified atom stereocenters. The van der Waals surface area contributed by atoms with Gasteiger partial charge in [-0.25, -0.2) is 8.42 Å². The van der Waals surface area contributed by atoms with Crippen molar-refractivity contribution in [3.05, 3.63) is 11.3 Å². The van der Waals surface area contributed by atoms with Crippen molar-refractivity contribution in [1.82, 2.24) is 14.5 Å². The van der Waals surface area contributed by atoms with Gasteiger partial charge in [-0.15, -0.1) is 11.6 Å². The number of hydrogen-bond acceptors (Lipinski definition) is 3. The van der Waals surface area contributed by atoms with Gasteiger partial charge in [0.1, 0.15) is 0 Å². The molecule has 0 aromatic carbocycles. The number of aromatic nitrogens is 2. The van der Waals surface area contributed by atoms with Crippen LogP contribution >= 0.6 is 11.6 Å². The summed E-state index contributed by atoms with van der Waals surface area (Å²) in [5.41, 5.74) is 1.31. The van der Waals surface area contributed by atoms with Crippen LogP contribution in [-0.2, 0) is 15.9 Å². The van der Waals surface area contributed by atoms with Crippen LogP contribution in [0.1, 0.15) is 44.4 Å². The minimum Gasteiger partial charge on any atom is -0.281 e. The van der Waals surface area contributed by atoms with E-state index in [0.29, 0.717) is 18.0 Å². The molecule has 0 spiro atoms. The van der Waals surface area contributed by atoms with Crippen LogP contribution in [0.3, 0.4) is 0 Å². The van der Waals surface area contributed by atoms with Gasteiger partial charge in [0.25, 0.3) is 10.0 Å². The van der Waals surface area contributed by atoms with Crippen LogP contribution in [-0.4, -0.2) is 35.5 Å². The summed E-state index contributed by atoms with van der Waals surface area (Å²) in [4.78, 5) is 0. The zero-order chi connectivity index (χ0) is 14.9.